The summed E-state index contributed by atoms with van der Waals surface area (Å²) in [6.45, 7) is 3.84. The fourth-order valence-corrected chi connectivity index (χ4v) is 3.49. The third-order valence-corrected chi connectivity index (χ3v) is 4.40. The highest BCUT2D eigenvalue weighted by molar-refractivity contribution is 6.35. The molecule has 0 heterocycles. The van der Waals surface area contributed by atoms with Crippen molar-refractivity contribution in [2.24, 2.45) is 0 Å². The summed E-state index contributed by atoms with van der Waals surface area (Å²) in [5, 5.41) is 0.658. The first-order valence-corrected chi connectivity index (χ1v) is 8.14. The van der Waals surface area contributed by atoms with E-state index in [4.69, 9.17) is 23.2 Å². The molecular weight excluding hydrogens is 349 g/mol. The van der Waals surface area contributed by atoms with Crippen LogP contribution in [0.3, 0.4) is 0 Å². The Labute approximate surface area is 149 Å². The predicted octanol–water partition coefficient (Wildman–Crippen LogP) is 7.22. The van der Waals surface area contributed by atoms with Gasteiger partial charge in [0.2, 0.25) is 0 Å². The average Bonchev–Trinajstić information content (AvgIpc) is 2.45. The van der Waals surface area contributed by atoms with Crippen LogP contribution >= 0.6 is 23.2 Å². The molecule has 0 saturated heterocycles. The highest BCUT2D eigenvalue weighted by Crippen LogP contribution is 2.35. The van der Waals surface area contributed by atoms with Crippen molar-refractivity contribution in [2.45, 2.75) is 13.8 Å². The normalized spacial score (nSPS) is 10.9. The van der Waals surface area contributed by atoms with Crippen LogP contribution in [0.1, 0.15) is 11.1 Å². The molecule has 0 aliphatic heterocycles. The van der Waals surface area contributed by atoms with Gasteiger partial charge in [-0.05, 0) is 72.0 Å². The Morgan fingerprint density at radius 2 is 1.12 bits per heavy atom. The van der Waals surface area contributed by atoms with Gasteiger partial charge in [0.15, 0.2) is 0 Å². The van der Waals surface area contributed by atoms with Crippen molar-refractivity contribution in [2.75, 3.05) is 0 Å². The standard InChI is InChI=1S/C20H14Cl2F2/c1-11-4-3-5-12(2)19(11)14-8-17(23)20(18(24)9-14)13-6-15(21)10-16(22)7-13/h3-10H,1-2H3. The highest BCUT2D eigenvalue weighted by atomic mass is 35.5. The average molecular weight is 363 g/mol. The van der Waals surface area contributed by atoms with Crippen LogP contribution in [0.2, 0.25) is 10.0 Å². The number of rotatable bonds is 2. The fraction of sp³-hybridized carbons (Fsp3) is 0.100. The number of hydrogen-bond acceptors (Lipinski definition) is 0. The van der Waals surface area contributed by atoms with Crippen molar-refractivity contribution in [3.8, 4) is 22.3 Å². The van der Waals surface area contributed by atoms with E-state index in [2.05, 4.69) is 0 Å². The third kappa shape index (κ3) is 3.17. The van der Waals surface area contributed by atoms with E-state index in [1.165, 1.54) is 30.3 Å². The van der Waals surface area contributed by atoms with Crippen molar-refractivity contribution in [3.63, 3.8) is 0 Å². The quantitative estimate of drug-likeness (QED) is 0.451. The first kappa shape index (κ1) is 16.9. The second-order valence-corrected chi connectivity index (χ2v) is 6.61. The zero-order chi connectivity index (χ0) is 17.4. The Morgan fingerprint density at radius 3 is 1.62 bits per heavy atom. The Bertz CT molecular complexity index is 869. The minimum Gasteiger partial charge on any atom is -0.206 e. The summed E-state index contributed by atoms with van der Waals surface area (Å²) in [7, 11) is 0. The minimum atomic E-state index is -0.647. The lowest BCUT2D eigenvalue weighted by atomic mass is 9.93. The highest BCUT2D eigenvalue weighted by Gasteiger charge is 2.16. The Morgan fingerprint density at radius 1 is 0.667 bits per heavy atom. The van der Waals surface area contributed by atoms with E-state index in [0.717, 1.165) is 16.7 Å². The molecule has 0 aliphatic rings. The summed E-state index contributed by atoms with van der Waals surface area (Å²) in [5.41, 5.74) is 3.47. The molecule has 0 amide bonds. The van der Waals surface area contributed by atoms with Gasteiger partial charge in [-0.15, -0.1) is 0 Å². The zero-order valence-corrected chi connectivity index (χ0v) is 14.6. The van der Waals surface area contributed by atoms with Crippen molar-refractivity contribution < 1.29 is 8.78 Å². The number of halogens is 4. The molecule has 0 fully saturated rings. The van der Waals surface area contributed by atoms with Gasteiger partial charge in [0.1, 0.15) is 11.6 Å². The molecule has 3 aromatic carbocycles. The van der Waals surface area contributed by atoms with Crippen molar-refractivity contribution in [3.05, 3.63) is 81.3 Å². The molecule has 3 aromatic rings. The first-order valence-electron chi connectivity index (χ1n) is 7.39. The second kappa shape index (κ2) is 6.54. The fourth-order valence-electron chi connectivity index (χ4n) is 2.96. The maximum Gasteiger partial charge on any atom is 0.134 e. The number of benzene rings is 3. The van der Waals surface area contributed by atoms with Gasteiger partial charge in [0.05, 0.1) is 5.56 Å². The van der Waals surface area contributed by atoms with Crippen LogP contribution in [-0.4, -0.2) is 0 Å². The molecule has 0 aliphatic carbocycles. The van der Waals surface area contributed by atoms with E-state index in [9.17, 15) is 8.78 Å². The van der Waals surface area contributed by atoms with Gasteiger partial charge in [-0.3, -0.25) is 0 Å². The van der Waals surface area contributed by atoms with Crippen LogP contribution in [0.4, 0.5) is 8.78 Å². The van der Waals surface area contributed by atoms with Gasteiger partial charge < -0.3 is 0 Å². The molecule has 0 spiro atoms. The topological polar surface area (TPSA) is 0 Å². The lowest BCUT2D eigenvalue weighted by molar-refractivity contribution is 0.590. The maximum absolute atomic E-state index is 14.7. The molecule has 3 rings (SSSR count). The predicted molar refractivity (Wildman–Crippen MR) is 96.7 cm³/mol. The van der Waals surface area contributed by atoms with Crippen LogP contribution in [0.25, 0.3) is 22.3 Å². The summed E-state index contributed by atoms with van der Waals surface area (Å²) in [5.74, 6) is -1.29. The first-order chi connectivity index (χ1) is 11.4. The summed E-state index contributed by atoms with van der Waals surface area (Å²) >= 11 is 11.9. The van der Waals surface area contributed by atoms with E-state index >= 15 is 0 Å². The Kier molecular flexibility index (Phi) is 4.62. The third-order valence-electron chi connectivity index (χ3n) is 3.96. The SMILES string of the molecule is Cc1cccc(C)c1-c1cc(F)c(-c2cc(Cl)cc(Cl)c2)c(F)c1. The van der Waals surface area contributed by atoms with E-state index in [1.807, 2.05) is 32.0 Å². The molecule has 0 atom stereocenters. The molecule has 0 saturated carbocycles. The molecule has 0 N–H and O–H groups in total. The van der Waals surface area contributed by atoms with E-state index in [-0.39, 0.29) is 5.56 Å². The van der Waals surface area contributed by atoms with Gasteiger partial charge in [-0.2, -0.15) is 0 Å². The van der Waals surface area contributed by atoms with Gasteiger partial charge in [0, 0.05) is 10.0 Å². The molecule has 0 nitrogen and oxygen atoms in total. The van der Waals surface area contributed by atoms with E-state index in [1.54, 1.807) is 0 Å². The minimum absolute atomic E-state index is 0.130. The van der Waals surface area contributed by atoms with Gasteiger partial charge in [-0.1, -0.05) is 41.4 Å². The van der Waals surface area contributed by atoms with Crippen LogP contribution < -0.4 is 0 Å². The maximum atomic E-state index is 14.7. The van der Waals surface area contributed by atoms with Gasteiger partial charge in [0.25, 0.3) is 0 Å². The number of aryl methyl sites for hydroxylation is 2. The smallest absolute Gasteiger partial charge is 0.134 e. The molecule has 24 heavy (non-hydrogen) atoms. The monoisotopic (exact) mass is 362 g/mol. The molecule has 122 valence electrons. The molecule has 0 radical (unpaired) electrons. The van der Waals surface area contributed by atoms with Crippen molar-refractivity contribution >= 4 is 23.2 Å². The molecule has 0 bridgehead atoms. The lowest BCUT2D eigenvalue weighted by Crippen LogP contribution is -1.95. The summed E-state index contributed by atoms with van der Waals surface area (Å²) in [4.78, 5) is 0. The molecule has 0 unspecified atom stereocenters. The summed E-state index contributed by atoms with van der Waals surface area (Å²) in [6.07, 6.45) is 0. The summed E-state index contributed by atoms with van der Waals surface area (Å²) < 4.78 is 29.4. The molecule has 0 aromatic heterocycles. The molecule has 4 heteroatoms. The molecular formula is C20H14Cl2F2. The van der Waals surface area contributed by atoms with Crippen LogP contribution in [0.5, 0.6) is 0 Å². The van der Waals surface area contributed by atoms with E-state index < -0.39 is 11.6 Å². The van der Waals surface area contributed by atoms with Crippen LogP contribution in [0.15, 0.2) is 48.5 Å². The van der Waals surface area contributed by atoms with Crippen LogP contribution in [0, 0.1) is 25.5 Å². The lowest BCUT2D eigenvalue weighted by Gasteiger charge is -2.13. The van der Waals surface area contributed by atoms with Crippen molar-refractivity contribution in [1.82, 2.24) is 0 Å². The van der Waals surface area contributed by atoms with Gasteiger partial charge >= 0.3 is 0 Å². The Balaban J connectivity index is 2.20. The number of hydrogen-bond donors (Lipinski definition) is 0. The second-order valence-electron chi connectivity index (χ2n) is 5.74. The largest absolute Gasteiger partial charge is 0.206 e. The van der Waals surface area contributed by atoms with Gasteiger partial charge in [-0.25, -0.2) is 8.78 Å². The summed E-state index contributed by atoms with van der Waals surface area (Å²) in [6, 6.07) is 13.0. The Hall–Kier alpha value is -1.90. The van der Waals surface area contributed by atoms with E-state index in [0.29, 0.717) is 21.2 Å². The van der Waals surface area contributed by atoms with Crippen molar-refractivity contribution in [1.29, 1.82) is 0 Å². The van der Waals surface area contributed by atoms with Crippen LogP contribution in [-0.2, 0) is 0 Å². The zero-order valence-electron chi connectivity index (χ0n) is 13.1.